The van der Waals surface area contributed by atoms with Gasteiger partial charge in [0, 0.05) is 6.04 Å². The van der Waals surface area contributed by atoms with Gasteiger partial charge in [-0.1, -0.05) is 19.1 Å². The van der Waals surface area contributed by atoms with E-state index in [1.54, 1.807) is 28.4 Å². The summed E-state index contributed by atoms with van der Waals surface area (Å²) in [4.78, 5) is 0. The number of hydrogen-bond donors (Lipinski definition) is 1. The first-order valence-corrected chi connectivity index (χ1v) is 8.83. The van der Waals surface area contributed by atoms with Crippen LogP contribution in [-0.4, -0.2) is 35.0 Å². The number of hydrogen-bond acceptors (Lipinski definition) is 5. The molecule has 0 aliphatic heterocycles. The molecule has 0 spiro atoms. The number of nitrogens with one attached hydrogen (secondary N) is 1. The molecule has 0 fully saturated rings. The molecule has 2 aromatic carbocycles. The molecule has 2 rings (SSSR count). The minimum absolute atomic E-state index is 0.160. The van der Waals surface area contributed by atoms with E-state index >= 15 is 0 Å². The molecule has 0 amide bonds. The van der Waals surface area contributed by atoms with Crippen LogP contribution in [0.15, 0.2) is 36.4 Å². The minimum Gasteiger partial charge on any atom is -0.493 e. The first-order valence-electron chi connectivity index (χ1n) is 8.83. The summed E-state index contributed by atoms with van der Waals surface area (Å²) < 4.78 is 21.6. The van der Waals surface area contributed by atoms with Gasteiger partial charge in [-0.3, -0.25) is 0 Å². The summed E-state index contributed by atoms with van der Waals surface area (Å²) in [5.41, 5.74) is 2.33. The summed E-state index contributed by atoms with van der Waals surface area (Å²) in [6, 6.07) is 12.3. The van der Waals surface area contributed by atoms with Crippen LogP contribution in [0, 0.1) is 0 Å². The molecule has 0 heterocycles. The Labute approximate surface area is 156 Å². The van der Waals surface area contributed by atoms with Crippen LogP contribution >= 0.6 is 0 Å². The lowest BCUT2D eigenvalue weighted by Crippen LogP contribution is -2.24. The van der Waals surface area contributed by atoms with Gasteiger partial charge >= 0.3 is 0 Å². The summed E-state index contributed by atoms with van der Waals surface area (Å²) in [5, 5.41) is 3.62. The van der Waals surface area contributed by atoms with Crippen LogP contribution < -0.4 is 24.3 Å². The van der Waals surface area contributed by atoms with Crippen LogP contribution in [0.5, 0.6) is 23.0 Å². The molecule has 0 bridgehead atoms. The average molecular weight is 359 g/mol. The molecule has 0 saturated carbocycles. The van der Waals surface area contributed by atoms with E-state index in [2.05, 4.69) is 24.4 Å². The van der Waals surface area contributed by atoms with Crippen LogP contribution in [0.2, 0.25) is 0 Å². The Morgan fingerprint density at radius 1 is 0.769 bits per heavy atom. The second-order valence-electron chi connectivity index (χ2n) is 6.01. The van der Waals surface area contributed by atoms with Crippen molar-refractivity contribution in [2.45, 2.75) is 25.8 Å². The highest BCUT2D eigenvalue weighted by Crippen LogP contribution is 2.33. The highest BCUT2D eigenvalue weighted by atomic mass is 16.5. The molecule has 1 atom stereocenters. The molecule has 0 aliphatic rings. The fourth-order valence-corrected chi connectivity index (χ4v) is 2.94. The summed E-state index contributed by atoms with van der Waals surface area (Å²) >= 11 is 0. The maximum atomic E-state index is 5.46. The first kappa shape index (κ1) is 19.9. The number of methoxy groups -OCH3 is 4. The van der Waals surface area contributed by atoms with Crippen LogP contribution in [-0.2, 0) is 6.42 Å². The lowest BCUT2D eigenvalue weighted by Gasteiger charge is -2.21. The van der Waals surface area contributed by atoms with Gasteiger partial charge in [0.25, 0.3) is 0 Å². The Morgan fingerprint density at radius 3 is 1.92 bits per heavy atom. The molecule has 0 radical (unpaired) electrons. The molecule has 0 saturated heterocycles. The Kier molecular flexibility index (Phi) is 7.60. The van der Waals surface area contributed by atoms with Crippen molar-refractivity contribution in [1.82, 2.24) is 5.32 Å². The highest BCUT2D eigenvalue weighted by Gasteiger charge is 2.16. The second-order valence-corrected chi connectivity index (χ2v) is 6.01. The van der Waals surface area contributed by atoms with Gasteiger partial charge in [0.15, 0.2) is 23.0 Å². The molecule has 0 aromatic heterocycles. The van der Waals surface area contributed by atoms with Gasteiger partial charge in [-0.2, -0.15) is 0 Å². The molecular weight excluding hydrogens is 330 g/mol. The van der Waals surface area contributed by atoms with Crippen molar-refractivity contribution in [2.24, 2.45) is 0 Å². The topological polar surface area (TPSA) is 49.0 Å². The lowest BCUT2D eigenvalue weighted by atomic mass is 9.98. The van der Waals surface area contributed by atoms with E-state index in [9.17, 15) is 0 Å². The maximum absolute atomic E-state index is 5.46. The molecule has 26 heavy (non-hydrogen) atoms. The monoisotopic (exact) mass is 359 g/mol. The van der Waals surface area contributed by atoms with Crippen molar-refractivity contribution in [3.8, 4) is 23.0 Å². The molecule has 0 aliphatic carbocycles. The Hall–Kier alpha value is -2.40. The van der Waals surface area contributed by atoms with Crippen molar-refractivity contribution < 1.29 is 18.9 Å². The van der Waals surface area contributed by atoms with Gasteiger partial charge in [0.2, 0.25) is 0 Å². The van der Waals surface area contributed by atoms with Crippen molar-refractivity contribution in [1.29, 1.82) is 0 Å². The Balaban J connectivity index is 2.30. The first-order chi connectivity index (χ1) is 12.7. The molecular formula is C21H29NO4. The van der Waals surface area contributed by atoms with Gasteiger partial charge in [-0.05, 0) is 54.8 Å². The van der Waals surface area contributed by atoms with E-state index in [0.29, 0.717) is 0 Å². The van der Waals surface area contributed by atoms with Crippen molar-refractivity contribution in [3.63, 3.8) is 0 Å². The highest BCUT2D eigenvalue weighted by molar-refractivity contribution is 5.45. The molecule has 5 nitrogen and oxygen atoms in total. The van der Waals surface area contributed by atoms with Crippen molar-refractivity contribution >= 4 is 0 Å². The minimum atomic E-state index is 0.160. The van der Waals surface area contributed by atoms with E-state index in [4.69, 9.17) is 18.9 Å². The third-order valence-electron chi connectivity index (χ3n) is 4.34. The summed E-state index contributed by atoms with van der Waals surface area (Å²) in [7, 11) is 6.61. The van der Waals surface area contributed by atoms with E-state index in [0.717, 1.165) is 47.9 Å². The SMILES string of the molecule is CCCNC(Cc1ccc(OC)c(OC)c1)c1ccc(OC)c(OC)c1. The fourth-order valence-electron chi connectivity index (χ4n) is 2.94. The van der Waals surface area contributed by atoms with E-state index < -0.39 is 0 Å². The van der Waals surface area contributed by atoms with Gasteiger partial charge in [-0.15, -0.1) is 0 Å². The van der Waals surface area contributed by atoms with Crippen molar-refractivity contribution in [2.75, 3.05) is 35.0 Å². The molecule has 2 aromatic rings. The number of benzene rings is 2. The van der Waals surface area contributed by atoms with E-state index in [-0.39, 0.29) is 6.04 Å². The summed E-state index contributed by atoms with van der Waals surface area (Å²) in [6.45, 7) is 3.10. The molecule has 142 valence electrons. The van der Waals surface area contributed by atoms with Crippen molar-refractivity contribution in [3.05, 3.63) is 47.5 Å². The standard InChI is InChI=1S/C21H29NO4/c1-6-11-22-17(16-8-10-19(24-3)21(14-16)26-5)12-15-7-9-18(23-2)20(13-15)25-4/h7-10,13-14,17,22H,6,11-12H2,1-5H3. The zero-order valence-electron chi connectivity index (χ0n) is 16.3. The average Bonchev–Trinajstić information content (AvgIpc) is 2.70. The lowest BCUT2D eigenvalue weighted by molar-refractivity contribution is 0.353. The molecule has 1 N–H and O–H groups in total. The Bertz CT molecular complexity index is 702. The zero-order valence-corrected chi connectivity index (χ0v) is 16.3. The van der Waals surface area contributed by atoms with E-state index in [1.807, 2.05) is 24.3 Å². The predicted molar refractivity (Wildman–Crippen MR) is 104 cm³/mol. The van der Waals surface area contributed by atoms with Crippen LogP contribution in [0.3, 0.4) is 0 Å². The summed E-state index contributed by atoms with van der Waals surface area (Å²) in [5.74, 6) is 2.95. The van der Waals surface area contributed by atoms with Crippen LogP contribution in [0.25, 0.3) is 0 Å². The Morgan fingerprint density at radius 2 is 1.35 bits per heavy atom. The normalized spacial score (nSPS) is 11.7. The number of ether oxygens (including phenoxy) is 4. The van der Waals surface area contributed by atoms with Gasteiger partial charge < -0.3 is 24.3 Å². The van der Waals surface area contributed by atoms with E-state index in [1.165, 1.54) is 5.56 Å². The van der Waals surface area contributed by atoms with Gasteiger partial charge in [0.05, 0.1) is 28.4 Å². The number of rotatable bonds is 10. The fraction of sp³-hybridized carbons (Fsp3) is 0.429. The molecule has 1 unspecified atom stereocenters. The molecule has 5 heteroatoms. The van der Waals surface area contributed by atoms with Gasteiger partial charge in [-0.25, -0.2) is 0 Å². The second kappa shape index (κ2) is 9.92. The van der Waals surface area contributed by atoms with Crippen LogP contribution in [0.1, 0.15) is 30.5 Å². The quantitative estimate of drug-likeness (QED) is 0.695. The zero-order chi connectivity index (χ0) is 18.9. The third kappa shape index (κ3) is 4.82. The largest absolute Gasteiger partial charge is 0.493 e. The smallest absolute Gasteiger partial charge is 0.161 e. The predicted octanol–water partition coefficient (Wildman–Crippen LogP) is 4.00. The van der Waals surface area contributed by atoms with Crippen LogP contribution in [0.4, 0.5) is 0 Å². The maximum Gasteiger partial charge on any atom is 0.161 e. The third-order valence-corrected chi connectivity index (χ3v) is 4.34. The summed E-state index contributed by atoms with van der Waals surface area (Å²) in [6.07, 6.45) is 1.89. The van der Waals surface area contributed by atoms with Gasteiger partial charge in [0.1, 0.15) is 0 Å².